The average Bonchev–Trinajstić information content (AvgIpc) is 2.95. The molecule has 0 radical (unpaired) electrons. The molecule has 0 fully saturated rings. The summed E-state index contributed by atoms with van der Waals surface area (Å²) in [6.45, 7) is 2.03. The van der Waals surface area contributed by atoms with Crippen LogP contribution in [0.3, 0.4) is 0 Å². The van der Waals surface area contributed by atoms with E-state index in [1.165, 1.54) is 0 Å². The summed E-state index contributed by atoms with van der Waals surface area (Å²) in [5, 5.41) is 0.598. The van der Waals surface area contributed by atoms with E-state index in [1.54, 1.807) is 22.8 Å². The van der Waals surface area contributed by atoms with Crippen molar-refractivity contribution in [3.05, 3.63) is 58.6 Å². The third-order valence-corrected chi connectivity index (χ3v) is 3.56. The average molecular weight is 280 g/mol. The van der Waals surface area contributed by atoms with Gasteiger partial charge in [0.05, 0.1) is 16.6 Å². The number of nitrogens with zero attached hydrogens (tertiary/aromatic N) is 2. The topological polar surface area (TPSA) is 53.4 Å². The molecule has 21 heavy (non-hydrogen) atoms. The van der Waals surface area contributed by atoms with Gasteiger partial charge in [-0.1, -0.05) is 12.1 Å². The molecule has 2 aromatic carbocycles. The van der Waals surface area contributed by atoms with Crippen molar-refractivity contribution < 1.29 is 9.47 Å². The molecule has 0 saturated heterocycles. The SMILES string of the molecule is Cc1nc2ccccc2c(=O)n1-c1ccc2c(c1)OCO2. The van der Waals surface area contributed by atoms with Crippen LogP contribution in [0, 0.1) is 6.92 Å². The van der Waals surface area contributed by atoms with Gasteiger partial charge in [0.1, 0.15) is 5.82 Å². The smallest absolute Gasteiger partial charge is 0.265 e. The second-order valence-electron chi connectivity index (χ2n) is 4.85. The summed E-state index contributed by atoms with van der Waals surface area (Å²) < 4.78 is 12.3. The van der Waals surface area contributed by atoms with Crippen molar-refractivity contribution in [3.63, 3.8) is 0 Å². The van der Waals surface area contributed by atoms with Crippen molar-refractivity contribution in [3.8, 4) is 17.2 Å². The number of ether oxygens (including phenoxy) is 2. The van der Waals surface area contributed by atoms with E-state index in [4.69, 9.17) is 9.47 Å². The Labute approximate surface area is 120 Å². The van der Waals surface area contributed by atoms with Gasteiger partial charge in [0, 0.05) is 6.07 Å². The Morgan fingerprint density at radius 3 is 2.81 bits per heavy atom. The second kappa shape index (κ2) is 4.34. The quantitative estimate of drug-likeness (QED) is 0.687. The zero-order valence-corrected chi connectivity index (χ0v) is 11.4. The van der Waals surface area contributed by atoms with Crippen LogP contribution in [0.2, 0.25) is 0 Å². The molecule has 1 aromatic heterocycles. The fourth-order valence-corrected chi connectivity index (χ4v) is 2.57. The zero-order chi connectivity index (χ0) is 14.4. The number of para-hydroxylation sites is 1. The van der Waals surface area contributed by atoms with Crippen LogP contribution in [0.1, 0.15) is 5.82 Å². The van der Waals surface area contributed by atoms with Gasteiger partial charge in [0.25, 0.3) is 5.56 Å². The van der Waals surface area contributed by atoms with Crippen LogP contribution in [0.25, 0.3) is 16.6 Å². The van der Waals surface area contributed by atoms with Gasteiger partial charge < -0.3 is 9.47 Å². The molecule has 0 aliphatic carbocycles. The second-order valence-corrected chi connectivity index (χ2v) is 4.85. The summed E-state index contributed by atoms with van der Waals surface area (Å²) in [6, 6.07) is 12.8. The van der Waals surface area contributed by atoms with Crippen LogP contribution in [0.4, 0.5) is 0 Å². The van der Waals surface area contributed by atoms with E-state index in [0.29, 0.717) is 28.2 Å². The summed E-state index contributed by atoms with van der Waals surface area (Å²) in [5.74, 6) is 1.97. The summed E-state index contributed by atoms with van der Waals surface area (Å²) in [5.41, 5.74) is 1.34. The van der Waals surface area contributed by atoms with Crippen LogP contribution < -0.4 is 15.0 Å². The predicted octanol–water partition coefficient (Wildman–Crippen LogP) is 2.42. The first kappa shape index (κ1) is 12.0. The molecule has 0 amide bonds. The maximum absolute atomic E-state index is 12.7. The number of benzene rings is 2. The Bertz CT molecular complexity index is 915. The van der Waals surface area contributed by atoms with E-state index in [1.807, 2.05) is 31.2 Å². The largest absolute Gasteiger partial charge is 0.454 e. The van der Waals surface area contributed by atoms with Gasteiger partial charge in [-0.05, 0) is 31.2 Å². The molecule has 0 atom stereocenters. The van der Waals surface area contributed by atoms with E-state index in [2.05, 4.69) is 4.98 Å². The van der Waals surface area contributed by atoms with Gasteiger partial charge in [0.15, 0.2) is 11.5 Å². The lowest BCUT2D eigenvalue weighted by Crippen LogP contribution is -2.22. The van der Waals surface area contributed by atoms with E-state index >= 15 is 0 Å². The molecule has 104 valence electrons. The summed E-state index contributed by atoms with van der Waals surface area (Å²) in [7, 11) is 0. The molecule has 4 rings (SSSR count). The number of hydrogen-bond donors (Lipinski definition) is 0. The highest BCUT2D eigenvalue weighted by molar-refractivity contribution is 5.77. The van der Waals surface area contributed by atoms with Crippen LogP contribution in [0.5, 0.6) is 11.5 Å². The standard InChI is InChI=1S/C16H12N2O3/c1-10-17-13-5-3-2-4-12(13)16(19)18(10)11-6-7-14-15(8-11)21-9-20-14/h2-8H,9H2,1H3. The molecular weight excluding hydrogens is 268 g/mol. The first-order valence-electron chi connectivity index (χ1n) is 6.62. The normalized spacial score (nSPS) is 12.8. The Kier molecular flexibility index (Phi) is 2.47. The Balaban J connectivity index is 2.00. The minimum absolute atomic E-state index is 0.0861. The molecule has 2 heterocycles. The van der Waals surface area contributed by atoms with Crippen molar-refractivity contribution in [1.29, 1.82) is 0 Å². The maximum atomic E-state index is 12.7. The molecule has 5 nitrogen and oxygen atoms in total. The molecule has 1 aliphatic rings. The van der Waals surface area contributed by atoms with Crippen LogP contribution >= 0.6 is 0 Å². The monoisotopic (exact) mass is 280 g/mol. The van der Waals surface area contributed by atoms with Gasteiger partial charge >= 0.3 is 0 Å². The Hall–Kier alpha value is -2.82. The molecular formula is C16H12N2O3. The maximum Gasteiger partial charge on any atom is 0.265 e. The van der Waals surface area contributed by atoms with Gasteiger partial charge in [-0.3, -0.25) is 9.36 Å². The number of aromatic nitrogens is 2. The lowest BCUT2D eigenvalue weighted by molar-refractivity contribution is 0.174. The predicted molar refractivity (Wildman–Crippen MR) is 78.2 cm³/mol. The minimum atomic E-state index is -0.0861. The third kappa shape index (κ3) is 1.78. The van der Waals surface area contributed by atoms with Crippen molar-refractivity contribution in [1.82, 2.24) is 9.55 Å². The molecule has 1 aliphatic heterocycles. The molecule has 0 bridgehead atoms. The molecule has 3 aromatic rings. The molecule has 0 N–H and O–H groups in total. The number of aryl methyl sites for hydroxylation is 1. The summed E-state index contributed by atoms with van der Waals surface area (Å²) in [4.78, 5) is 17.2. The number of rotatable bonds is 1. The summed E-state index contributed by atoms with van der Waals surface area (Å²) >= 11 is 0. The third-order valence-electron chi connectivity index (χ3n) is 3.56. The molecule has 5 heteroatoms. The zero-order valence-electron chi connectivity index (χ0n) is 11.4. The lowest BCUT2D eigenvalue weighted by atomic mass is 10.2. The van der Waals surface area contributed by atoms with Crippen molar-refractivity contribution in [2.24, 2.45) is 0 Å². The van der Waals surface area contributed by atoms with Gasteiger partial charge in [-0.15, -0.1) is 0 Å². The van der Waals surface area contributed by atoms with Gasteiger partial charge in [-0.25, -0.2) is 4.98 Å². The molecule has 0 unspecified atom stereocenters. The van der Waals surface area contributed by atoms with Gasteiger partial charge in [0.2, 0.25) is 6.79 Å². The van der Waals surface area contributed by atoms with Crippen LogP contribution in [-0.2, 0) is 0 Å². The highest BCUT2D eigenvalue weighted by Crippen LogP contribution is 2.33. The Morgan fingerprint density at radius 2 is 1.90 bits per heavy atom. The fraction of sp³-hybridized carbons (Fsp3) is 0.125. The molecule has 0 spiro atoms. The van der Waals surface area contributed by atoms with Crippen LogP contribution in [0.15, 0.2) is 47.3 Å². The van der Waals surface area contributed by atoms with E-state index in [9.17, 15) is 4.79 Å². The van der Waals surface area contributed by atoms with E-state index in [0.717, 1.165) is 5.69 Å². The van der Waals surface area contributed by atoms with Crippen LogP contribution in [-0.4, -0.2) is 16.3 Å². The number of fused-ring (bicyclic) bond motifs is 2. The van der Waals surface area contributed by atoms with Crippen molar-refractivity contribution in [2.75, 3.05) is 6.79 Å². The Morgan fingerprint density at radius 1 is 1.10 bits per heavy atom. The molecule has 0 saturated carbocycles. The van der Waals surface area contributed by atoms with E-state index < -0.39 is 0 Å². The highest BCUT2D eigenvalue weighted by atomic mass is 16.7. The lowest BCUT2D eigenvalue weighted by Gasteiger charge is -2.11. The first-order chi connectivity index (χ1) is 10.2. The minimum Gasteiger partial charge on any atom is -0.454 e. The van der Waals surface area contributed by atoms with E-state index in [-0.39, 0.29) is 12.4 Å². The van der Waals surface area contributed by atoms with Crippen molar-refractivity contribution in [2.45, 2.75) is 6.92 Å². The first-order valence-corrected chi connectivity index (χ1v) is 6.62. The summed E-state index contributed by atoms with van der Waals surface area (Å²) in [6.07, 6.45) is 0. The van der Waals surface area contributed by atoms with Gasteiger partial charge in [-0.2, -0.15) is 0 Å². The van der Waals surface area contributed by atoms with Crippen molar-refractivity contribution >= 4 is 10.9 Å². The highest BCUT2D eigenvalue weighted by Gasteiger charge is 2.16. The number of hydrogen-bond acceptors (Lipinski definition) is 4. The fourth-order valence-electron chi connectivity index (χ4n) is 2.57.